The van der Waals surface area contributed by atoms with Gasteiger partial charge in [0.05, 0.1) is 20.8 Å². The SMILES string of the molecule is CCOC(=O)C(N)Cc1c(OC)cccc1OC. The molecule has 100 valence electrons. The highest BCUT2D eigenvalue weighted by molar-refractivity contribution is 5.76. The van der Waals surface area contributed by atoms with Gasteiger partial charge in [-0.05, 0) is 19.1 Å². The molecule has 0 amide bonds. The average molecular weight is 253 g/mol. The summed E-state index contributed by atoms with van der Waals surface area (Å²) in [5.74, 6) is 0.869. The fraction of sp³-hybridized carbons (Fsp3) is 0.462. The van der Waals surface area contributed by atoms with Crippen molar-refractivity contribution in [3.05, 3.63) is 23.8 Å². The molecule has 0 aliphatic heterocycles. The first-order chi connectivity index (χ1) is 8.63. The highest BCUT2D eigenvalue weighted by atomic mass is 16.5. The molecule has 0 fully saturated rings. The first kappa shape index (κ1) is 14.3. The Morgan fingerprint density at radius 2 is 1.83 bits per heavy atom. The Bertz CT molecular complexity index is 384. The molecule has 0 heterocycles. The molecule has 0 saturated heterocycles. The Kier molecular flexibility index (Phi) is 5.45. The van der Waals surface area contributed by atoms with Crippen molar-refractivity contribution < 1.29 is 19.0 Å². The molecule has 1 rings (SSSR count). The summed E-state index contributed by atoms with van der Waals surface area (Å²) in [6, 6.07) is 4.69. The van der Waals surface area contributed by atoms with Gasteiger partial charge in [0.1, 0.15) is 17.5 Å². The second-order valence-corrected chi connectivity index (χ2v) is 3.70. The summed E-state index contributed by atoms with van der Waals surface area (Å²) < 4.78 is 15.4. The minimum Gasteiger partial charge on any atom is -0.496 e. The van der Waals surface area contributed by atoms with Crippen LogP contribution in [0.15, 0.2) is 18.2 Å². The molecular weight excluding hydrogens is 234 g/mol. The van der Waals surface area contributed by atoms with Gasteiger partial charge >= 0.3 is 5.97 Å². The van der Waals surface area contributed by atoms with E-state index < -0.39 is 12.0 Å². The van der Waals surface area contributed by atoms with Crippen LogP contribution in [0.1, 0.15) is 12.5 Å². The van der Waals surface area contributed by atoms with E-state index in [0.717, 1.165) is 5.56 Å². The Balaban J connectivity index is 2.91. The predicted molar refractivity (Wildman–Crippen MR) is 67.9 cm³/mol. The number of esters is 1. The van der Waals surface area contributed by atoms with E-state index in [1.807, 2.05) is 6.07 Å². The van der Waals surface area contributed by atoms with Crippen LogP contribution in [0.2, 0.25) is 0 Å². The minimum atomic E-state index is -0.727. The largest absolute Gasteiger partial charge is 0.496 e. The van der Waals surface area contributed by atoms with E-state index >= 15 is 0 Å². The molecule has 0 spiro atoms. The van der Waals surface area contributed by atoms with Gasteiger partial charge < -0.3 is 19.9 Å². The van der Waals surface area contributed by atoms with E-state index in [2.05, 4.69) is 0 Å². The number of benzene rings is 1. The number of hydrogen-bond acceptors (Lipinski definition) is 5. The molecule has 5 heteroatoms. The quantitative estimate of drug-likeness (QED) is 0.770. The van der Waals surface area contributed by atoms with Gasteiger partial charge in [0.15, 0.2) is 0 Å². The highest BCUT2D eigenvalue weighted by Crippen LogP contribution is 2.29. The maximum absolute atomic E-state index is 11.5. The van der Waals surface area contributed by atoms with E-state index in [-0.39, 0.29) is 0 Å². The van der Waals surface area contributed by atoms with Crippen molar-refractivity contribution >= 4 is 5.97 Å². The van der Waals surface area contributed by atoms with Gasteiger partial charge in [0.2, 0.25) is 0 Å². The van der Waals surface area contributed by atoms with Crippen LogP contribution in [0.3, 0.4) is 0 Å². The van der Waals surface area contributed by atoms with E-state index in [9.17, 15) is 4.79 Å². The van der Waals surface area contributed by atoms with Gasteiger partial charge in [0.25, 0.3) is 0 Å². The summed E-state index contributed by atoms with van der Waals surface area (Å²) in [4.78, 5) is 11.5. The van der Waals surface area contributed by atoms with Crippen LogP contribution in [0.4, 0.5) is 0 Å². The topological polar surface area (TPSA) is 70.8 Å². The highest BCUT2D eigenvalue weighted by Gasteiger charge is 2.20. The molecule has 0 aromatic heterocycles. The van der Waals surface area contributed by atoms with Crippen molar-refractivity contribution in [1.82, 2.24) is 0 Å². The maximum Gasteiger partial charge on any atom is 0.323 e. The van der Waals surface area contributed by atoms with Crippen LogP contribution in [-0.2, 0) is 16.0 Å². The maximum atomic E-state index is 11.5. The second kappa shape index (κ2) is 6.86. The Morgan fingerprint density at radius 3 is 2.28 bits per heavy atom. The smallest absolute Gasteiger partial charge is 0.323 e. The molecule has 0 saturated carbocycles. The van der Waals surface area contributed by atoms with Crippen LogP contribution < -0.4 is 15.2 Å². The van der Waals surface area contributed by atoms with Gasteiger partial charge in [-0.3, -0.25) is 4.79 Å². The first-order valence-corrected chi connectivity index (χ1v) is 5.76. The Labute approximate surface area is 107 Å². The fourth-order valence-corrected chi connectivity index (χ4v) is 1.68. The van der Waals surface area contributed by atoms with Crippen molar-refractivity contribution in [1.29, 1.82) is 0 Å². The molecular formula is C13H19NO4. The first-order valence-electron chi connectivity index (χ1n) is 5.76. The van der Waals surface area contributed by atoms with E-state index in [1.54, 1.807) is 33.3 Å². The zero-order valence-corrected chi connectivity index (χ0v) is 10.9. The monoisotopic (exact) mass is 253 g/mol. The number of ether oxygens (including phenoxy) is 3. The van der Waals surface area contributed by atoms with E-state index in [0.29, 0.717) is 24.5 Å². The number of hydrogen-bond donors (Lipinski definition) is 1. The molecule has 0 aliphatic rings. The van der Waals surface area contributed by atoms with Crippen LogP contribution in [0.25, 0.3) is 0 Å². The minimum absolute atomic E-state index is 0.312. The van der Waals surface area contributed by atoms with Crippen molar-refractivity contribution in [2.45, 2.75) is 19.4 Å². The third-order valence-corrected chi connectivity index (χ3v) is 2.54. The van der Waals surface area contributed by atoms with Gasteiger partial charge in [-0.25, -0.2) is 0 Å². The van der Waals surface area contributed by atoms with Crippen LogP contribution in [0, 0.1) is 0 Å². The summed E-state index contributed by atoms with van der Waals surface area (Å²) in [5.41, 5.74) is 6.56. The molecule has 1 aromatic rings. The summed E-state index contributed by atoms with van der Waals surface area (Å²) in [6.45, 7) is 2.06. The summed E-state index contributed by atoms with van der Waals surface area (Å²) in [5, 5.41) is 0. The van der Waals surface area contributed by atoms with Crippen molar-refractivity contribution in [2.24, 2.45) is 5.73 Å². The van der Waals surface area contributed by atoms with Crippen molar-refractivity contribution in [3.63, 3.8) is 0 Å². The lowest BCUT2D eigenvalue weighted by atomic mass is 10.0. The molecule has 0 radical (unpaired) electrons. The third kappa shape index (κ3) is 3.37. The molecule has 5 nitrogen and oxygen atoms in total. The number of methoxy groups -OCH3 is 2. The standard InChI is InChI=1S/C13H19NO4/c1-4-18-13(15)10(14)8-9-11(16-2)6-5-7-12(9)17-3/h5-7,10H,4,8,14H2,1-3H3. The number of nitrogens with two attached hydrogens (primary N) is 1. The summed E-state index contributed by atoms with van der Waals surface area (Å²) >= 11 is 0. The molecule has 1 aromatic carbocycles. The third-order valence-electron chi connectivity index (χ3n) is 2.54. The zero-order chi connectivity index (χ0) is 13.5. The lowest BCUT2D eigenvalue weighted by molar-refractivity contribution is -0.144. The lowest BCUT2D eigenvalue weighted by Gasteiger charge is -2.16. The number of rotatable bonds is 6. The number of carbonyl (C=O) groups is 1. The van der Waals surface area contributed by atoms with E-state index in [4.69, 9.17) is 19.9 Å². The lowest BCUT2D eigenvalue weighted by Crippen LogP contribution is -2.34. The van der Waals surface area contributed by atoms with Gasteiger partial charge in [-0.15, -0.1) is 0 Å². The zero-order valence-electron chi connectivity index (χ0n) is 10.9. The molecule has 0 aliphatic carbocycles. The number of carbonyl (C=O) groups excluding carboxylic acids is 1. The molecule has 2 N–H and O–H groups in total. The van der Waals surface area contributed by atoms with Gasteiger partial charge in [0, 0.05) is 12.0 Å². The molecule has 0 bridgehead atoms. The molecule has 1 unspecified atom stereocenters. The summed E-state index contributed by atoms with van der Waals surface area (Å²) in [6.07, 6.45) is 0.312. The van der Waals surface area contributed by atoms with Gasteiger partial charge in [-0.2, -0.15) is 0 Å². The fourth-order valence-electron chi connectivity index (χ4n) is 1.68. The average Bonchev–Trinajstić information content (AvgIpc) is 2.39. The van der Waals surface area contributed by atoms with Crippen LogP contribution in [-0.4, -0.2) is 32.8 Å². The Hall–Kier alpha value is -1.75. The van der Waals surface area contributed by atoms with Crippen LogP contribution >= 0.6 is 0 Å². The van der Waals surface area contributed by atoms with Crippen molar-refractivity contribution in [3.8, 4) is 11.5 Å². The summed E-state index contributed by atoms with van der Waals surface area (Å²) in [7, 11) is 3.13. The predicted octanol–water partition coefficient (Wildman–Crippen LogP) is 1.14. The van der Waals surface area contributed by atoms with Gasteiger partial charge in [-0.1, -0.05) is 6.07 Å². The van der Waals surface area contributed by atoms with Crippen LogP contribution in [0.5, 0.6) is 11.5 Å². The Morgan fingerprint density at radius 1 is 1.28 bits per heavy atom. The van der Waals surface area contributed by atoms with E-state index in [1.165, 1.54) is 0 Å². The molecule has 1 atom stereocenters. The molecule has 18 heavy (non-hydrogen) atoms. The second-order valence-electron chi connectivity index (χ2n) is 3.70. The normalized spacial score (nSPS) is 11.8. The van der Waals surface area contributed by atoms with Crippen molar-refractivity contribution in [2.75, 3.05) is 20.8 Å².